The molecule has 1 aromatic carbocycles. The summed E-state index contributed by atoms with van der Waals surface area (Å²) >= 11 is 0. The maximum absolute atomic E-state index is 12.2. The molecule has 3 N–H and O–H groups in total. The van der Waals surface area contributed by atoms with E-state index in [0.717, 1.165) is 11.3 Å². The summed E-state index contributed by atoms with van der Waals surface area (Å²) in [6, 6.07) is 7.37. The second-order valence-corrected chi connectivity index (χ2v) is 5.67. The van der Waals surface area contributed by atoms with E-state index in [4.69, 9.17) is 4.74 Å². The van der Waals surface area contributed by atoms with Crippen LogP contribution in [-0.4, -0.2) is 43.6 Å². The molecule has 0 saturated heterocycles. The molecule has 3 aromatic rings. The number of ether oxygens (including phenoxy) is 1. The van der Waals surface area contributed by atoms with Crippen LogP contribution in [0.4, 0.5) is 5.95 Å². The van der Waals surface area contributed by atoms with Gasteiger partial charge >= 0.3 is 5.69 Å². The van der Waals surface area contributed by atoms with Crippen molar-refractivity contribution in [1.29, 1.82) is 0 Å². The van der Waals surface area contributed by atoms with Crippen molar-refractivity contribution < 1.29 is 9.84 Å². The number of fused-ring (bicyclic) bond motifs is 1. The van der Waals surface area contributed by atoms with E-state index in [1.807, 2.05) is 31.2 Å². The Labute approximate surface area is 153 Å². The molecule has 10 nitrogen and oxygen atoms in total. The summed E-state index contributed by atoms with van der Waals surface area (Å²) in [5.41, 5.74) is 2.85. The highest BCUT2D eigenvalue weighted by molar-refractivity contribution is 5.80. The third kappa shape index (κ3) is 3.75. The molecule has 0 unspecified atom stereocenters. The van der Waals surface area contributed by atoms with Crippen LogP contribution in [0.3, 0.4) is 0 Å². The maximum atomic E-state index is 12.2. The maximum Gasteiger partial charge on any atom is 0.329 e. The van der Waals surface area contributed by atoms with Crippen LogP contribution in [0, 0.1) is 0 Å². The summed E-state index contributed by atoms with van der Waals surface area (Å²) in [5.74, 6) is 1.01. The number of aromatic nitrogens is 4. The van der Waals surface area contributed by atoms with Crippen LogP contribution in [0.15, 0.2) is 39.0 Å². The Balaban J connectivity index is 1.91. The van der Waals surface area contributed by atoms with Gasteiger partial charge in [-0.3, -0.25) is 14.3 Å². The molecular formula is C17H20N6O4. The van der Waals surface area contributed by atoms with E-state index in [9.17, 15) is 14.7 Å². The number of aryl methyl sites for hydroxylation is 1. The summed E-state index contributed by atoms with van der Waals surface area (Å²) in [6.45, 7) is 2.43. The molecule has 0 bridgehead atoms. The Hall–Kier alpha value is -3.40. The molecule has 10 heteroatoms. The second kappa shape index (κ2) is 7.87. The van der Waals surface area contributed by atoms with Crippen molar-refractivity contribution >= 4 is 23.3 Å². The van der Waals surface area contributed by atoms with Gasteiger partial charge in [-0.25, -0.2) is 10.2 Å². The highest BCUT2D eigenvalue weighted by Gasteiger charge is 2.16. The van der Waals surface area contributed by atoms with Gasteiger partial charge in [-0.15, -0.1) is 0 Å². The Morgan fingerprint density at radius 1 is 1.33 bits per heavy atom. The molecule has 3 rings (SSSR count). The monoisotopic (exact) mass is 372 g/mol. The van der Waals surface area contributed by atoms with Crippen molar-refractivity contribution in [3.63, 3.8) is 0 Å². The number of rotatable bonds is 7. The Kier molecular flexibility index (Phi) is 5.36. The predicted molar refractivity (Wildman–Crippen MR) is 102 cm³/mol. The SMILES string of the molecule is CCOc1ccc(/C=N/Nc2nc3c(c(=O)[nH]c(=O)n3C)n2CCO)cc1. The van der Waals surface area contributed by atoms with Crippen molar-refractivity contribution in [3.05, 3.63) is 50.7 Å². The standard InChI is InChI=1S/C17H20N6O4/c1-3-27-12-6-4-11(5-7-12)10-18-21-16-19-14-13(23(16)8-9-24)15(25)20-17(26)22(14)2/h4-7,10,24H,3,8-9H2,1-2H3,(H,19,21)(H,20,25,26)/b18-10+. The molecule has 2 heterocycles. The van der Waals surface area contributed by atoms with Crippen molar-refractivity contribution in [2.45, 2.75) is 13.5 Å². The van der Waals surface area contributed by atoms with Gasteiger partial charge in [0.1, 0.15) is 5.75 Å². The molecule has 0 aliphatic rings. The fraction of sp³-hybridized carbons (Fsp3) is 0.294. The lowest BCUT2D eigenvalue weighted by molar-refractivity contribution is 0.278. The minimum Gasteiger partial charge on any atom is -0.494 e. The highest BCUT2D eigenvalue weighted by Crippen LogP contribution is 2.15. The van der Waals surface area contributed by atoms with E-state index < -0.39 is 11.2 Å². The molecule has 0 aliphatic heterocycles. The van der Waals surface area contributed by atoms with Gasteiger partial charge in [0, 0.05) is 13.6 Å². The minimum atomic E-state index is -0.572. The third-order valence-corrected chi connectivity index (χ3v) is 3.90. The number of nitrogens with one attached hydrogen (secondary N) is 2. The van der Waals surface area contributed by atoms with E-state index in [1.54, 1.807) is 6.21 Å². The second-order valence-electron chi connectivity index (χ2n) is 5.67. The molecule has 0 amide bonds. The smallest absolute Gasteiger partial charge is 0.329 e. The fourth-order valence-electron chi connectivity index (χ4n) is 2.62. The molecule has 0 aliphatic carbocycles. The van der Waals surface area contributed by atoms with Crippen LogP contribution in [0.1, 0.15) is 12.5 Å². The van der Waals surface area contributed by atoms with Gasteiger partial charge in [0.2, 0.25) is 5.95 Å². The molecule has 0 atom stereocenters. The van der Waals surface area contributed by atoms with Crippen molar-refractivity contribution in [3.8, 4) is 5.75 Å². The molecule has 142 valence electrons. The normalized spacial score (nSPS) is 11.4. The first-order valence-corrected chi connectivity index (χ1v) is 8.37. The first kappa shape index (κ1) is 18.4. The number of benzene rings is 1. The lowest BCUT2D eigenvalue weighted by atomic mass is 10.2. The zero-order valence-corrected chi connectivity index (χ0v) is 15.0. The van der Waals surface area contributed by atoms with E-state index >= 15 is 0 Å². The van der Waals surface area contributed by atoms with Gasteiger partial charge in [0.05, 0.1) is 19.4 Å². The molecule has 2 aromatic heterocycles. The molecule has 0 saturated carbocycles. The van der Waals surface area contributed by atoms with Crippen LogP contribution in [0.2, 0.25) is 0 Å². The molecule has 27 heavy (non-hydrogen) atoms. The van der Waals surface area contributed by atoms with Gasteiger partial charge in [0.25, 0.3) is 5.56 Å². The number of imidazole rings is 1. The number of aliphatic hydroxyl groups is 1. The average Bonchev–Trinajstić information content (AvgIpc) is 3.01. The molecule has 0 radical (unpaired) electrons. The van der Waals surface area contributed by atoms with E-state index in [-0.39, 0.29) is 30.3 Å². The Bertz CT molecular complexity index is 1080. The number of H-pyrrole nitrogens is 1. The zero-order chi connectivity index (χ0) is 19.4. The van der Waals surface area contributed by atoms with E-state index in [1.165, 1.54) is 16.2 Å². The van der Waals surface area contributed by atoms with Crippen LogP contribution in [0.25, 0.3) is 11.2 Å². The Morgan fingerprint density at radius 2 is 2.07 bits per heavy atom. The number of hydrazone groups is 1. The third-order valence-electron chi connectivity index (χ3n) is 3.90. The summed E-state index contributed by atoms with van der Waals surface area (Å²) in [7, 11) is 1.50. The number of aliphatic hydroxyl groups excluding tert-OH is 1. The van der Waals surface area contributed by atoms with E-state index in [2.05, 4.69) is 20.5 Å². The first-order valence-electron chi connectivity index (χ1n) is 8.37. The number of nitrogens with zero attached hydrogens (tertiary/aromatic N) is 4. The summed E-state index contributed by atoms with van der Waals surface area (Å²) in [5, 5.41) is 13.4. The van der Waals surface area contributed by atoms with Gasteiger partial charge in [-0.05, 0) is 36.8 Å². The van der Waals surface area contributed by atoms with Gasteiger partial charge in [-0.2, -0.15) is 10.1 Å². The minimum absolute atomic E-state index is 0.124. The van der Waals surface area contributed by atoms with E-state index in [0.29, 0.717) is 6.61 Å². The van der Waals surface area contributed by atoms with Crippen molar-refractivity contribution in [2.75, 3.05) is 18.6 Å². The molecule has 0 spiro atoms. The lowest BCUT2D eigenvalue weighted by Crippen LogP contribution is -2.29. The Morgan fingerprint density at radius 3 is 2.74 bits per heavy atom. The molecular weight excluding hydrogens is 352 g/mol. The number of hydrogen-bond donors (Lipinski definition) is 3. The average molecular weight is 372 g/mol. The van der Waals surface area contributed by atoms with Crippen LogP contribution >= 0.6 is 0 Å². The van der Waals surface area contributed by atoms with Crippen LogP contribution in [-0.2, 0) is 13.6 Å². The number of hydrogen-bond acceptors (Lipinski definition) is 7. The molecule has 0 fully saturated rings. The lowest BCUT2D eigenvalue weighted by Gasteiger charge is -2.05. The largest absolute Gasteiger partial charge is 0.494 e. The topological polar surface area (TPSA) is 127 Å². The fourth-order valence-corrected chi connectivity index (χ4v) is 2.62. The summed E-state index contributed by atoms with van der Waals surface area (Å²) in [4.78, 5) is 30.4. The summed E-state index contributed by atoms with van der Waals surface area (Å²) < 4.78 is 8.09. The van der Waals surface area contributed by atoms with Crippen molar-refractivity contribution in [2.24, 2.45) is 12.1 Å². The summed E-state index contributed by atoms with van der Waals surface area (Å²) in [6.07, 6.45) is 1.58. The van der Waals surface area contributed by atoms with Gasteiger partial charge in [-0.1, -0.05) is 0 Å². The predicted octanol–water partition coefficient (Wildman–Crippen LogP) is 0.260. The quantitative estimate of drug-likeness (QED) is 0.403. The van der Waals surface area contributed by atoms with Crippen molar-refractivity contribution in [1.82, 2.24) is 19.1 Å². The van der Waals surface area contributed by atoms with Crippen LogP contribution < -0.4 is 21.4 Å². The van der Waals surface area contributed by atoms with Crippen LogP contribution in [0.5, 0.6) is 5.75 Å². The highest BCUT2D eigenvalue weighted by atomic mass is 16.5. The zero-order valence-electron chi connectivity index (χ0n) is 15.0. The van der Waals surface area contributed by atoms with Gasteiger partial charge < -0.3 is 14.4 Å². The number of anilines is 1. The first-order chi connectivity index (χ1) is 13.0. The number of aromatic amines is 1. The van der Waals surface area contributed by atoms with Gasteiger partial charge in [0.15, 0.2) is 11.2 Å².